The monoisotopic (exact) mass is 431 g/mol. The van der Waals surface area contributed by atoms with Crippen molar-refractivity contribution in [3.8, 4) is 5.75 Å². The van der Waals surface area contributed by atoms with Gasteiger partial charge in [-0.25, -0.2) is 23.3 Å². The number of aryl methyl sites for hydroxylation is 2. The van der Waals surface area contributed by atoms with Gasteiger partial charge in [-0.3, -0.25) is 0 Å². The minimum atomic E-state index is -3.83. The van der Waals surface area contributed by atoms with Crippen LogP contribution in [0.3, 0.4) is 0 Å². The maximum absolute atomic E-state index is 12.1. The second-order valence-corrected chi connectivity index (χ2v) is 8.56. The summed E-state index contributed by atoms with van der Waals surface area (Å²) in [7, 11) is -3.83. The van der Waals surface area contributed by atoms with E-state index < -0.39 is 16.0 Å². The standard InChI is InChI=1S/C21H25N3O5S/c1-3-4-10-24-19-9-8-17(30(22,26)27)12-18(19)23-20(24)13-29-21(25)14-28-16-7-5-6-15(2)11-16/h5-9,11-12H,3-4,10,13-14H2,1-2H3,(H2,22,26,27). The van der Waals surface area contributed by atoms with Crippen LogP contribution in [0, 0.1) is 6.92 Å². The van der Waals surface area contributed by atoms with Crippen LogP contribution in [-0.4, -0.2) is 30.5 Å². The van der Waals surface area contributed by atoms with Crippen molar-refractivity contribution in [1.29, 1.82) is 0 Å². The predicted octanol–water partition coefficient (Wildman–Crippen LogP) is 2.91. The van der Waals surface area contributed by atoms with Crippen LogP contribution in [0.5, 0.6) is 5.75 Å². The van der Waals surface area contributed by atoms with Crippen molar-refractivity contribution >= 4 is 27.0 Å². The van der Waals surface area contributed by atoms with E-state index in [4.69, 9.17) is 14.6 Å². The fraction of sp³-hybridized carbons (Fsp3) is 0.333. The van der Waals surface area contributed by atoms with Crippen LogP contribution in [0.15, 0.2) is 47.4 Å². The van der Waals surface area contributed by atoms with Gasteiger partial charge in [-0.2, -0.15) is 0 Å². The van der Waals surface area contributed by atoms with Gasteiger partial charge in [0.15, 0.2) is 6.61 Å². The molecule has 0 fully saturated rings. The van der Waals surface area contributed by atoms with E-state index in [0.717, 1.165) is 23.9 Å². The van der Waals surface area contributed by atoms with Crippen LogP contribution < -0.4 is 9.88 Å². The minimum absolute atomic E-state index is 0.00904. The normalized spacial score (nSPS) is 11.6. The Labute approximate surface area is 175 Å². The Morgan fingerprint density at radius 2 is 2.00 bits per heavy atom. The molecule has 8 nitrogen and oxygen atoms in total. The van der Waals surface area contributed by atoms with Crippen LogP contribution in [0.1, 0.15) is 31.2 Å². The molecule has 0 atom stereocenters. The Balaban J connectivity index is 1.74. The zero-order valence-electron chi connectivity index (χ0n) is 17.0. The Kier molecular flexibility index (Phi) is 6.73. The molecule has 0 radical (unpaired) electrons. The molecule has 0 saturated carbocycles. The highest BCUT2D eigenvalue weighted by atomic mass is 32.2. The van der Waals surface area contributed by atoms with E-state index in [0.29, 0.717) is 23.6 Å². The fourth-order valence-corrected chi connectivity index (χ4v) is 3.58. The van der Waals surface area contributed by atoms with Crippen molar-refractivity contribution in [1.82, 2.24) is 9.55 Å². The summed E-state index contributed by atoms with van der Waals surface area (Å²) in [5.41, 5.74) is 2.28. The van der Waals surface area contributed by atoms with Crippen molar-refractivity contribution in [3.05, 3.63) is 53.9 Å². The number of aromatic nitrogens is 2. The molecule has 3 rings (SSSR count). The first kappa shape index (κ1) is 21.8. The third-order valence-electron chi connectivity index (χ3n) is 4.57. The van der Waals surface area contributed by atoms with Crippen LogP contribution in [0.4, 0.5) is 0 Å². The molecule has 0 aliphatic heterocycles. The molecule has 160 valence electrons. The molecule has 2 aromatic carbocycles. The van der Waals surface area contributed by atoms with E-state index in [1.165, 1.54) is 12.1 Å². The molecule has 2 N–H and O–H groups in total. The summed E-state index contributed by atoms with van der Waals surface area (Å²) in [6.07, 6.45) is 1.87. The van der Waals surface area contributed by atoms with Crippen LogP contribution in [-0.2, 0) is 32.7 Å². The zero-order chi connectivity index (χ0) is 21.7. The highest BCUT2D eigenvalue weighted by Crippen LogP contribution is 2.21. The van der Waals surface area contributed by atoms with Crippen molar-refractivity contribution in [2.75, 3.05) is 6.61 Å². The maximum Gasteiger partial charge on any atom is 0.344 e. The second-order valence-electron chi connectivity index (χ2n) is 6.99. The Hall–Kier alpha value is -2.91. The van der Waals surface area contributed by atoms with E-state index in [9.17, 15) is 13.2 Å². The second kappa shape index (κ2) is 9.27. The third-order valence-corrected chi connectivity index (χ3v) is 5.48. The molecule has 0 saturated heterocycles. The van der Waals surface area contributed by atoms with Gasteiger partial charge < -0.3 is 14.0 Å². The van der Waals surface area contributed by atoms with Crippen molar-refractivity contribution < 1.29 is 22.7 Å². The number of benzene rings is 2. The van der Waals surface area contributed by atoms with Crippen LogP contribution in [0.25, 0.3) is 11.0 Å². The number of carbonyl (C=O) groups excluding carboxylic acids is 1. The predicted molar refractivity (Wildman–Crippen MR) is 112 cm³/mol. The summed E-state index contributed by atoms with van der Waals surface area (Å²) in [4.78, 5) is 16.6. The number of nitrogens with two attached hydrogens (primary N) is 1. The molecular weight excluding hydrogens is 406 g/mol. The first-order valence-corrected chi connectivity index (χ1v) is 11.2. The molecule has 3 aromatic rings. The smallest absolute Gasteiger partial charge is 0.344 e. The molecule has 30 heavy (non-hydrogen) atoms. The molecule has 0 aliphatic rings. The summed E-state index contributed by atoms with van der Waals surface area (Å²) in [5.74, 6) is 0.613. The lowest BCUT2D eigenvalue weighted by Gasteiger charge is -2.10. The van der Waals surface area contributed by atoms with Gasteiger partial charge in [-0.15, -0.1) is 0 Å². The first-order valence-electron chi connectivity index (χ1n) is 9.65. The number of primary sulfonamides is 1. The van der Waals surface area contributed by atoms with Crippen molar-refractivity contribution in [3.63, 3.8) is 0 Å². The van der Waals surface area contributed by atoms with Gasteiger partial charge in [0, 0.05) is 6.54 Å². The number of hydrogen-bond donors (Lipinski definition) is 1. The number of nitrogens with zero attached hydrogens (tertiary/aromatic N) is 2. The number of unbranched alkanes of at least 4 members (excludes halogenated alkanes) is 1. The number of hydrogen-bond acceptors (Lipinski definition) is 6. The van der Waals surface area contributed by atoms with Gasteiger partial charge in [-0.05, 0) is 49.2 Å². The summed E-state index contributed by atoms with van der Waals surface area (Å²) >= 11 is 0. The molecule has 0 spiro atoms. The quantitative estimate of drug-likeness (QED) is 0.521. The van der Waals surface area contributed by atoms with E-state index in [1.807, 2.05) is 29.7 Å². The number of rotatable bonds is 9. The first-order chi connectivity index (χ1) is 14.3. The van der Waals surface area contributed by atoms with E-state index in [-0.39, 0.29) is 18.1 Å². The number of ether oxygens (including phenoxy) is 2. The molecule has 9 heteroatoms. The molecular formula is C21H25N3O5S. The number of esters is 1. The Bertz CT molecular complexity index is 1150. The van der Waals surface area contributed by atoms with Crippen LogP contribution >= 0.6 is 0 Å². The van der Waals surface area contributed by atoms with Gasteiger partial charge in [0.05, 0.1) is 15.9 Å². The molecule has 0 amide bonds. The number of sulfonamides is 1. The topological polar surface area (TPSA) is 114 Å². The van der Waals surface area contributed by atoms with Gasteiger partial charge in [-0.1, -0.05) is 25.5 Å². The third kappa shape index (κ3) is 5.37. The van der Waals surface area contributed by atoms with Gasteiger partial charge in [0.2, 0.25) is 10.0 Å². The number of carbonyl (C=O) groups is 1. The van der Waals surface area contributed by atoms with E-state index in [2.05, 4.69) is 11.9 Å². The molecule has 0 unspecified atom stereocenters. The van der Waals surface area contributed by atoms with Crippen molar-refractivity contribution in [2.45, 2.75) is 44.7 Å². The molecule has 1 aromatic heterocycles. The minimum Gasteiger partial charge on any atom is -0.482 e. The lowest BCUT2D eigenvalue weighted by molar-refractivity contribution is -0.147. The highest BCUT2D eigenvalue weighted by Gasteiger charge is 2.16. The summed E-state index contributed by atoms with van der Waals surface area (Å²) < 4.78 is 36.0. The maximum atomic E-state index is 12.1. The average Bonchev–Trinajstić information content (AvgIpc) is 3.05. The zero-order valence-corrected chi connectivity index (χ0v) is 17.8. The lowest BCUT2D eigenvalue weighted by atomic mass is 10.2. The highest BCUT2D eigenvalue weighted by molar-refractivity contribution is 7.89. The Morgan fingerprint density at radius 3 is 2.70 bits per heavy atom. The van der Waals surface area contributed by atoms with Gasteiger partial charge in [0.25, 0.3) is 0 Å². The molecule has 0 aliphatic carbocycles. The van der Waals surface area contributed by atoms with Gasteiger partial charge >= 0.3 is 5.97 Å². The fourth-order valence-electron chi connectivity index (χ4n) is 3.05. The summed E-state index contributed by atoms with van der Waals surface area (Å²) in [6.45, 7) is 4.43. The van der Waals surface area contributed by atoms with Crippen LogP contribution in [0.2, 0.25) is 0 Å². The average molecular weight is 432 g/mol. The number of imidazole rings is 1. The molecule has 1 heterocycles. The van der Waals surface area contributed by atoms with Crippen molar-refractivity contribution in [2.24, 2.45) is 5.14 Å². The largest absolute Gasteiger partial charge is 0.482 e. The summed E-state index contributed by atoms with van der Waals surface area (Å²) in [6, 6.07) is 11.9. The molecule has 0 bridgehead atoms. The summed E-state index contributed by atoms with van der Waals surface area (Å²) in [5, 5.41) is 5.22. The Morgan fingerprint density at radius 1 is 1.20 bits per heavy atom. The SMILES string of the molecule is CCCCn1c(COC(=O)COc2cccc(C)c2)nc2cc(S(N)(=O)=O)ccc21. The van der Waals surface area contributed by atoms with E-state index in [1.54, 1.807) is 12.1 Å². The van der Waals surface area contributed by atoms with E-state index >= 15 is 0 Å². The van der Waals surface area contributed by atoms with Gasteiger partial charge in [0.1, 0.15) is 18.2 Å². The lowest BCUT2D eigenvalue weighted by Crippen LogP contribution is -2.16. The number of fused-ring (bicyclic) bond motifs is 1.